The van der Waals surface area contributed by atoms with Crippen LogP contribution < -0.4 is 10.6 Å². The van der Waals surface area contributed by atoms with Gasteiger partial charge in [0.1, 0.15) is 0 Å². The second kappa shape index (κ2) is 9.42. The maximum atomic E-state index is 11.7. The Hall–Kier alpha value is -2.07. The molecule has 0 radical (unpaired) electrons. The molecule has 1 heterocycles. The molecule has 25 heavy (non-hydrogen) atoms. The minimum atomic E-state index is -0.174. The molecule has 4 rings (SSSR count). The molecule has 1 aliphatic rings. The molecular formula is C20H17BrFeN2O. The van der Waals surface area contributed by atoms with Crippen LogP contribution in [-0.4, -0.2) is 6.03 Å². The molecule has 0 saturated heterocycles. The first-order chi connectivity index (χ1) is 11.7. The molecular weight excluding hydrogens is 420 g/mol. The number of hydrogen-bond acceptors (Lipinski definition) is 1. The summed E-state index contributed by atoms with van der Waals surface area (Å²) in [5.41, 5.74) is 2.93. The van der Waals surface area contributed by atoms with E-state index in [9.17, 15) is 4.79 Å². The molecule has 5 heteroatoms. The fourth-order valence-electron chi connectivity index (χ4n) is 2.44. The molecule has 0 fully saturated rings. The number of carbonyl (C=O) groups is 1. The summed E-state index contributed by atoms with van der Waals surface area (Å²) < 4.78 is 1.02. The van der Waals surface area contributed by atoms with Gasteiger partial charge in [-0.25, -0.2) is 16.9 Å². The van der Waals surface area contributed by atoms with Crippen LogP contribution in [0.1, 0.15) is 17.2 Å². The number of carbonyl (C=O) groups excluding carboxylic acids is 1. The van der Waals surface area contributed by atoms with Gasteiger partial charge < -0.3 is 10.6 Å². The summed E-state index contributed by atoms with van der Waals surface area (Å²) >= 11 is 3.41. The van der Waals surface area contributed by atoms with Gasteiger partial charge in [0.05, 0.1) is 0 Å². The fraction of sp³-hybridized carbons (Fsp3) is 0.0500. The van der Waals surface area contributed by atoms with Gasteiger partial charge in [-0.2, -0.15) is 30.3 Å². The van der Waals surface area contributed by atoms with Crippen molar-refractivity contribution in [3.05, 3.63) is 101 Å². The van der Waals surface area contributed by atoms with E-state index < -0.39 is 0 Å². The number of benzene rings is 1. The van der Waals surface area contributed by atoms with Gasteiger partial charge >= 0.3 is 23.1 Å². The first kappa shape index (κ1) is 19.3. The van der Waals surface area contributed by atoms with Gasteiger partial charge in [-0.15, -0.1) is 18.2 Å². The van der Waals surface area contributed by atoms with Gasteiger partial charge in [-0.1, -0.05) is 33.6 Å². The zero-order chi connectivity index (χ0) is 16.8. The molecule has 1 aliphatic heterocycles. The van der Waals surface area contributed by atoms with Crippen molar-refractivity contribution in [3.63, 3.8) is 0 Å². The van der Waals surface area contributed by atoms with Crippen molar-refractivity contribution in [1.29, 1.82) is 0 Å². The van der Waals surface area contributed by atoms with Crippen molar-refractivity contribution in [2.24, 2.45) is 0 Å². The normalized spacial score (nSPS) is 15.6. The number of rotatable bonds is 2. The number of hydrogen-bond donors (Lipinski definition) is 2. The van der Waals surface area contributed by atoms with Crippen molar-refractivity contribution in [2.75, 3.05) is 0 Å². The molecule has 0 bridgehead atoms. The summed E-state index contributed by atoms with van der Waals surface area (Å²) in [4.78, 5) is 11.7. The Bertz CT molecular complexity index is 776. The maximum Gasteiger partial charge on any atom is 2.00 e. The molecule has 3 aromatic carbocycles. The van der Waals surface area contributed by atoms with Crippen LogP contribution in [0.4, 0.5) is 4.79 Å². The van der Waals surface area contributed by atoms with Crippen LogP contribution in [0.25, 0.3) is 5.70 Å². The molecule has 2 amide bonds. The molecule has 0 aliphatic carbocycles. The van der Waals surface area contributed by atoms with Crippen LogP contribution in [0.15, 0.2) is 89.4 Å². The SMILES string of the molecule is O=C1NC([c-]2cccc2)=CC(c2ccc(Br)cc2)N1.[Fe+2].c1cc[cH-]c1. The van der Waals surface area contributed by atoms with Crippen LogP contribution in [0, 0.1) is 0 Å². The summed E-state index contributed by atoms with van der Waals surface area (Å²) in [6.07, 6.45) is 2.03. The van der Waals surface area contributed by atoms with E-state index in [0.717, 1.165) is 21.3 Å². The predicted octanol–water partition coefficient (Wildman–Crippen LogP) is 4.97. The van der Waals surface area contributed by atoms with Crippen LogP contribution in [0.3, 0.4) is 0 Å². The van der Waals surface area contributed by atoms with Crippen LogP contribution in [0.2, 0.25) is 0 Å². The second-order valence-electron chi connectivity index (χ2n) is 5.34. The number of urea groups is 1. The summed E-state index contributed by atoms with van der Waals surface area (Å²) in [5, 5.41) is 5.73. The monoisotopic (exact) mass is 436 g/mol. The molecule has 1 atom stereocenters. The van der Waals surface area contributed by atoms with E-state index in [0.29, 0.717) is 0 Å². The Balaban J connectivity index is 0.000000325. The van der Waals surface area contributed by atoms with Crippen LogP contribution in [-0.2, 0) is 17.1 Å². The number of nitrogens with one attached hydrogen (secondary N) is 2. The van der Waals surface area contributed by atoms with Gasteiger partial charge in [0.2, 0.25) is 0 Å². The maximum absolute atomic E-state index is 11.7. The molecule has 2 N–H and O–H groups in total. The summed E-state index contributed by atoms with van der Waals surface area (Å²) in [7, 11) is 0. The fourth-order valence-corrected chi connectivity index (χ4v) is 2.71. The summed E-state index contributed by atoms with van der Waals surface area (Å²) in [5.74, 6) is 0. The molecule has 0 spiro atoms. The van der Waals surface area contributed by atoms with E-state index in [2.05, 4.69) is 26.6 Å². The van der Waals surface area contributed by atoms with Crippen molar-refractivity contribution in [1.82, 2.24) is 10.6 Å². The van der Waals surface area contributed by atoms with E-state index in [1.54, 1.807) is 0 Å². The van der Waals surface area contributed by atoms with Crippen molar-refractivity contribution in [2.45, 2.75) is 6.04 Å². The molecule has 0 aromatic heterocycles. The van der Waals surface area contributed by atoms with Gasteiger partial charge in [-0.3, -0.25) is 0 Å². The topological polar surface area (TPSA) is 41.1 Å². The predicted molar refractivity (Wildman–Crippen MR) is 101 cm³/mol. The average molecular weight is 437 g/mol. The Labute approximate surface area is 166 Å². The van der Waals surface area contributed by atoms with Gasteiger partial charge in [-0.05, 0) is 23.4 Å². The molecule has 3 nitrogen and oxygen atoms in total. The molecule has 1 unspecified atom stereocenters. The van der Waals surface area contributed by atoms with Crippen molar-refractivity contribution in [3.8, 4) is 0 Å². The smallest absolute Gasteiger partial charge is 0.335 e. The molecule has 0 saturated carbocycles. The number of halogens is 1. The zero-order valence-electron chi connectivity index (χ0n) is 13.3. The van der Waals surface area contributed by atoms with Gasteiger partial charge in [0, 0.05) is 10.5 Å². The van der Waals surface area contributed by atoms with Crippen LogP contribution >= 0.6 is 15.9 Å². The Morgan fingerprint density at radius 1 is 1.00 bits per heavy atom. The van der Waals surface area contributed by atoms with Crippen LogP contribution in [0.5, 0.6) is 0 Å². The largest absolute Gasteiger partial charge is 2.00 e. The Morgan fingerprint density at radius 3 is 2.20 bits per heavy atom. The summed E-state index contributed by atoms with van der Waals surface area (Å²) in [6.45, 7) is 0. The molecule has 3 aromatic rings. The summed E-state index contributed by atoms with van der Waals surface area (Å²) in [6, 6.07) is 25.5. The average Bonchev–Trinajstić information content (AvgIpc) is 3.31. The Kier molecular flexibility index (Phi) is 7.26. The minimum Gasteiger partial charge on any atom is -0.335 e. The minimum absolute atomic E-state index is 0. The van der Waals surface area contributed by atoms with Crippen molar-refractivity contribution >= 4 is 27.7 Å². The van der Waals surface area contributed by atoms with E-state index in [4.69, 9.17) is 0 Å². The first-order valence-corrected chi connectivity index (χ1v) is 8.45. The van der Waals surface area contributed by atoms with Gasteiger partial charge in [0.15, 0.2) is 0 Å². The van der Waals surface area contributed by atoms with Crippen molar-refractivity contribution < 1.29 is 21.9 Å². The Morgan fingerprint density at radius 2 is 1.64 bits per heavy atom. The third-order valence-electron chi connectivity index (χ3n) is 3.63. The second-order valence-corrected chi connectivity index (χ2v) is 6.26. The third-order valence-corrected chi connectivity index (χ3v) is 4.16. The standard InChI is InChI=1S/C15H12BrN2O.C5H5.Fe/c16-12-7-5-11(6-8-12)14-9-13(17-15(19)18-14)10-3-1-2-4-10;1-2-4-5-3-1;/h1-9,14H,(H2,17,18,19);1-5H;/q2*-1;+2. The first-order valence-electron chi connectivity index (χ1n) is 7.66. The van der Waals surface area contributed by atoms with E-state index in [1.807, 2.05) is 84.9 Å². The van der Waals surface area contributed by atoms with E-state index in [-0.39, 0.29) is 29.1 Å². The molecule has 128 valence electrons. The van der Waals surface area contributed by atoms with E-state index >= 15 is 0 Å². The third kappa shape index (κ3) is 5.46. The quantitative estimate of drug-likeness (QED) is 0.432. The van der Waals surface area contributed by atoms with E-state index in [1.165, 1.54) is 0 Å². The zero-order valence-corrected chi connectivity index (χ0v) is 16.0. The number of amides is 2. The van der Waals surface area contributed by atoms with Gasteiger partial charge in [0.25, 0.3) is 0 Å².